The zero-order chi connectivity index (χ0) is 40.8. The molecule has 0 spiro atoms. The highest BCUT2D eigenvalue weighted by Crippen LogP contribution is 2.48. The van der Waals surface area contributed by atoms with Crippen LogP contribution in [-0.2, 0) is 24.2 Å². The number of halogens is 3. The molecule has 1 aliphatic rings. The number of aliphatic carboxylic acids is 1. The highest BCUT2D eigenvalue weighted by atomic mass is 28.4. The molecule has 0 radical (unpaired) electrons. The molecule has 12 heteroatoms. The number of hydrogen-bond donors (Lipinski definition) is 1. The van der Waals surface area contributed by atoms with Crippen LogP contribution in [0.2, 0.25) is 54.4 Å². The summed E-state index contributed by atoms with van der Waals surface area (Å²) in [6, 6.07) is 4.99. The van der Waals surface area contributed by atoms with E-state index in [-0.39, 0.29) is 57.9 Å². The van der Waals surface area contributed by atoms with Gasteiger partial charge in [0.2, 0.25) is 0 Å². The van der Waals surface area contributed by atoms with E-state index in [9.17, 15) is 18.0 Å². The summed E-state index contributed by atoms with van der Waals surface area (Å²) >= 11 is 0. The Kier molecular flexibility index (Phi) is 16.2. The van der Waals surface area contributed by atoms with Crippen LogP contribution in [0.4, 0.5) is 13.2 Å². The molecule has 304 valence electrons. The van der Waals surface area contributed by atoms with Crippen molar-refractivity contribution in [3.05, 3.63) is 54.1 Å². The lowest BCUT2D eigenvalue weighted by Gasteiger charge is -2.40. The number of alkyl halides is 3. The average Bonchev–Trinajstić information content (AvgIpc) is 3.27. The Morgan fingerprint density at radius 2 is 1.40 bits per heavy atom. The number of carbonyl (C=O) groups is 1. The first-order valence-electron chi connectivity index (χ1n) is 19.3. The third-order valence-corrected chi connectivity index (χ3v) is 25.6. The molecule has 1 aromatic rings. The van der Waals surface area contributed by atoms with Crippen molar-refractivity contribution in [1.82, 2.24) is 0 Å². The maximum atomic E-state index is 13.5. The van der Waals surface area contributed by atoms with Crippen LogP contribution in [0, 0.1) is 11.8 Å². The predicted molar refractivity (Wildman–Crippen MR) is 219 cm³/mol. The molecule has 2 rings (SSSR count). The van der Waals surface area contributed by atoms with Crippen molar-refractivity contribution in [2.45, 2.75) is 173 Å². The number of carboxylic acid groups (broad SMARTS) is 1. The van der Waals surface area contributed by atoms with Crippen molar-refractivity contribution in [2.75, 3.05) is 6.61 Å². The Morgan fingerprint density at radius 3 is 1.91 bits per heavy atom. The Labute approximate surface area is 322 Å². The summed E-state index contributed by atoms with van der Waals surface area (Å²) in [7, 11) is -6.74. The van der Waals surface area contributed by atoms with Gasteiger partial charge in [-0.15, -0.1) is 0 Å². The van der Waals surface area contributed by atoms with Crippen LogP contribution in [-0.4, -0.2) is 60.9 Å². The van der Waals surface area contributed by atoms with Gasteiger partial charge in [-0.2, -0.15) is 13.2 Å². The summed E-state index contributed by atoms with van der Waals surface area (Å²) in [5.74, 6) is -0.587. The minimum absolute atomic E-state index is 0.00799. The first-order chi connectivity index (χ1) is 23.9. The quantitative estimate of drug-likeness (QED) is 0.0961. The molecule has 53 heavy (non-hydrogen) atoms. The number of benzene rings is 1. The zero-order valence-electron chi connectivity index (χ0n) is 35.4. The van der Waals surface area contributed by atoms with Gasteiger partial charge in [0, 0.05) is 12.3 Å². The van der Waals surface area contributed by atoms with Gasteiger partial charge in [0.1, 0.15) is 12.4 Å². The Balaban J connectivity index is 2.63. The van der Waals surface area contributed by atoms with Crippen LogP contribution < -0.4 is 4.74 Å². The molecule has 1 saturated carbocycles. The van der Waals surface area contributed by atoms with Gasteiger partial charge >= 0.3 is 12.1 Å². The summed E-state index contributed by atoms with van der Waals surface area (Å²) in [6.07, 6.45) is 6.28. The molecule has 1 aliphatic carbocycles. The highest BCUT2D eigenvalue weighted by molar-refractivity contribution is 6.75. The van der Waals surface area contributed by atoms with Gasteiger partial charge in [0.15, 0.2) is 25.0 Å². The van der Waals surface area contributed by atoms with Crippen LogP contribution in [0.3, 0.4) is 0 Å². The lowest BCUT2D eigenvalue weighted by atomic mass is 9.89. The minimum atomic E-state index is -4.47. The zero-order valence-corrected chi connectivity index (χ0v) is 38.4. The number of hydrogen-bond acceptors (Lipinski definition) is 5. The number of allylic oxidation sites excluding steroid dienone is 2. The Hall–Kier alpha value is -1.71. The second-order valence-corrected chi connectivity index (χ2v) is 33.7. The summed E-state index contributed by atoms with van der Waals surface area (Å²) in [6.45, 7) is 33.5. The average molecular weight is 801 g/mol. The molecular formula is C41H71F3O6Si3. The van der Waals surface area contributed by atoms with E-state index in [1.165, 1.54) is 6.07 Å². The predicted octanol–water partition coefficient (Wildman–Crippen LogP) is 12.6. The summed E-state index contributed by atoms with van der Waals surface area (Å²) in [5, 5.41) is 9.01. The maximum Gasteiger partial charge on any atom is 0.416 e. The number of carboxylic acids is 1. The summed E-state index contributed by atoms with van der Waals surface area (Å²) in [5.41, 5.74) is -0.754. The Bertz CT molecular complexity index is 1390. The molecule has 1 aromatic carbocycles. The van der Waals surface area contributed by atoms with Crippen LogP contribution >= 0.6 is 0 Å². The lowest BCUT2D eigenvalue weighted by molar-refractivity contribution is -0.138. The molecule has 5 atom stereocenters. The molecule has 0 aromatic heterocycles. The largest absolute Gasteiger partial charge is 0.491 e. The summed E-state index contributed by atoms with van der Waals surface area (Å²) in [4.78, 5) is 11.1. The van der Waals surface area contributed by atoms with E-state index < -0.39 is 48.8 Å². The van der Waals surface area contributed by atoms with E-state index in [1.54, 1.807) is 6.07 Å². The van der Waals surface area contributed by atoms with Crippen molar-refractivity contribution < 1.29 is 41.1 Å². The first kappa shape index (κ1) is 47.4. The van der Waals surface area contributed by atoms with Gasteiger partial charge in [-0.05, 0) is 104 Å². The van der Waals surface area contributed by atoms with E-state index in [4.69, 9.17) is 23.1 Å². The van der Waals surface area contributed by atoms with E-state index in [2.05, 4.69) is 126 Å². The van der Waals surface area contributed by atoms with Gasteiger partial charge in [-0.25, -0.2) is 0 Å². The fourth-order valence-electron chi connectivity index (χ4n) is 5.65. The van der Waals surface area contributed by atoms with Crippen molar-refractivity contribution in [2.24, 2.45) is 11.8 Å². The maximum absolute atomic E-state index is 13.5. The van der Waals surface area contributed by atoms with Crippen molar-refractivity contribution in [3.63, 3.8) is 0 Å². The summed E-state index contributed by atoms with van der Waals surface area (Å²) < 4.78 is 68.0. The monoisotopic (exact) mass is 800 g/mol. The van der Waals surface area contributed by atoms with Gasteiger partial charge in [0.05, 0.1) is 23.9 Å². The first-order valence-corrected chi connectivity index (χ1v) is 28.0. The third-order valence-electron chi connectivity index (χ3n) is 12.1. The molecule has 0 saturated heterocycles. The topological polar surface area (TPSA) is 74.2 Å². The normalized spacial score (nSPS) is 21.8. The second kappa shape index (κ2) is 18.0. The van der Waals surface area contributed by atoms with Crippen LogP contribution in [0.5, 0.6) is 5.75 Å². The molecule has 0 heterocycles. The minimum Gasteiger partial charge on any atom is -0.491 e. The van der Waals surface area contributed by atoms with Gasteiger partial charge in [-0.3, -0.25) is 4.79 Å². The number of ether oxygens (including phenoxy) is 1. The van der Waals surface area contributed by atoms with Crippen LogP contribution in [0.15, 0.2) is 48.6 Å². The van der Waals surface area contributed by atoms with E-state index in [0.717, 1.165) is 25.0 Å². The second-order valence-electron chi connectivity index (χ2n) is 19.4. The molecule has 0 amide bonds. The van der Waals surface area contributed by atoms with E-state index >= 15 is 0 Å². The molecule has 0 aliphatic heterocycles. The highest BCUT2D eigenvalue weighted by Gasteiger charge is 2.50. The molecule has 1 N–H and O–H groups in total. The van der Waals surface area contributed by atoms with Gasteiger partial charge in [0.25, 0.3) is 0 Å². The van der Waals surface area contributed by atoms with Crippen molar-refractivity contribution in [1.29, 1.82) is 0 Å². The van der Waals surface area contributed by atoms with Crippen LogP contribution in [0.25, 0.3) is 0 Å². The van der Waals surface area contributed by atoms with Gasteiger partial charge in [-0.1, -0.05) is 92.7 Å². The van der Waals surface area contributed by atoms with Gasteiger partial charge < -0.3 is 23.1 Å². The smallest absolute Gasteiger partial charge is 0.416 e. The molecule has 1 fully saturated rings. The fourth-order valence-corrected chi connectivity index (χ4v) is 9.65. The fraction of sp³-hybridized carbons (Fsp3) is 0.732. The molecular weight excluding hydrogens is 730 g/mol. The Morgan fingerprint density at radius 1 is 0.849 bits per heavy atom. The van der Waals surface area contributed by atoms with E-state index in [1.807, 2.05) is 0 Å². The molecule has 0 unspecified atom stereocenters. The number of unbranched alkanes of at least 4 members (excludes halogenated alkanes) is 1. The van der Waals surface area contributed by atoms with Crippen molar-refractivity contribution >= 4 is 30.9 Å². The standard InChI is InChI=1S/C41H71F3O6Si3/c1-38(2,3)51(10,11)48-32(29-47-31-22-20-21-30(27-31)41(42,43)44)25-26-34-33(23-18-16-17-19-24-37(45)46)35(49-52(12,13)39(4,5)6)28-36(34)50-53(14,15)40(7,8)9/h16,18,20-22,25-27,32-36H,17,19,23-24,28-29H2,1-15H3,(H,45,46)/t32-,33-,34-,35+,36-/m1/s1. The molecule has 6 nitrogen and oxygen atoms in total. The molecule has 0 bridgehead atoms. The van der Waals surface area contributed by atoms with E-state index in [0.29, 0.717) is 12.8 Å². The number of rotatable bonds is 17. The van der Waals surface area contributed by atoms with Crippen molar-refractivity contribution in [3.8, 4) is 5.75 Å². The third kappa shape index (κ3) is 14.1. The van der Waals surface area contributed by atoms with Crippen LogP contribution in [0.1, 0.15) is 100.0 Å². The lowest BCUT2D eigenvalue weighted by Crippen LogP contribution is -2.45. The SMILES string of the molecule is CC(C)(C)[Si](C)(C)O[C@H](C=C[C@@H]1[C@@H](CC=CCCCC(=O)O)[C@@H](O[Si](C)(C)C(C)(C)C)C[C@H]1O[Si](C)(C)C(C)(C)C)COc1cccc(C(F)(F)F)c1.